The van der Waals surface area contributed by atoms with Crippen LogP contribution in [0.5, 0.6) is 0 Å². The first kappa shape index (κ1) is 11.0. The molecule has 1 heterocycles. The van der Waals surface area contributed by atoms with Crippen LogP contribution < -0.4 is 11.5 Å². The summed E-state index contributed by atoms with van der Waals surface area (Å²) in [5, 5.41) is 0. The fourth-order valence-corrected chi connectivity index (χ4v) is 1.99. The van der Waals surface area contributed by atoms with Gasteiger partial charge in [-0.15, -0.1) is 0 Å². The Kier molecular flexibility index (Phi) is 2.83. The first-order valence-corrected chi connectivity index (χ1v) is 5.57. The standard InChI is InChI=1S/C12H18N4/c1-8(2)7-16-11-9(6-13)4-3-5-10(11)15-12(16)14/h3-5,8H,6-7,13H2,1-2H3,(H2,14,15). The molecule has 4 heteroatoms. The molecule has 0 aliphatic heterocycles. The molecule has 0 fully saturated rings. The SMILES string of the molecule is CC(C)Cn1c(N)nc2cccc(CN)c21. The van der Waals surface area contributed by atoms with Crippen LogP contribution in [-0.2, 0) is 13.1 Å². The molecule has 0 spiro atoms. The first-order valence-electron chi connectivity index (χ1n) is 5.57. The minimum atomic E-state index is 0.514. The highest BCUT2D eigenvalue weighted by Crippen LogP contribution is 2.22. The number of fused-ring (bicyclic) bond motifs is 1. The number of benzene rings is 1. The molecule has 0 radical (unpaired) electrons. The van der Waals surface area contributed by atoms with Crippen LogP contribution in [0.15, 0.2) is 18.2 Å². The highest BCUT2D eigenvalue weighted by molar-refractivity contribution is 5.81. The summed E-state index contributed by atoms with van der Waals surface area (Å²) in [5.41, 5.74) is 14.8. The summed E-state index contributed by atoms with van der Waals surface area (Å²) in [6, 6.07) is 5.97. The Hall–Kier alpha value is -1.55. The van der Waals surface area contributed by atoms with Crippen molar-refractivity contribution in [3.8, 4) is 0 Å². The van der Waals surface area contributed by atoms with Gasteiger partial charge < -0.3 is 16.0 Å². The van der Waals surface area contributed by atoms with Crippen molar-refractivity contribution in [2.24, 2.45) is 11.7 Å². The Labute approximate surface area is 95.3 Å². The molecule has 0 saturated heterocycles. The molecular formula is C12H18N4. The predicted molar refractivity (Wildman–Crippen MR) is 66.9 cm³/mol. The maximum Gasteiger partial charge on any atom is 0.201 e. The van der Waals surface area contributed by atoms with E-state index in [9.17, 15) is 0 Å². The normalized spacial score (nSPS) is 11.5. The van der Waals surface area contributed by atoms with E-state index in [1.165, 1.54) is 0 Å². The number of para-hydroxylation sites is 1. The van der Waals surface area contributed by atoms with Gasteiger partial charge in [0.05, 0.1) is 11.0 Å². The molecule has 0 amide bonds. The van der Waals surface area contributed by atoms with E-state index in [1.54, 1.807) is 0 Å². The average Bonchev–Trinajstić information content (AvgIpc) is 2.54. The van der Waals surface area contributed by atoms with Crippen LogP contribution in [0.1, 0.15) is 19.4 Å². The van der Waals surface area contributed by atoms with Crippen molar-refractivity contribution in [3.05, 3.63) is 23.8 Å². The van der Waals surface area contributed by atoms with Gasteiger partial charge in [0.2, 0.25) is 5.95 Å². The van der Waals surface area contributed by atoms with E-state index in [-0.39, 0.29) is 0 Å². The van der Waals surface area contributed by atoms with E-state index in [0.29, 0.717) is 18.4 Å². The molecule has 0 unspecified atom stereocenters. The molecule has 16 heavy (non-hydrogen) atoms. The van der Waals surface area contributed by atoms with Crippen LogP contribution in [0.25, 0.3) is 11.0 Å². The Morgan fingerprint density at radius 3 is 2.75 bits per heavy atom. The Bertz CT molecular complexity index is 499. The number of nitrogens with two attached hydrogens (primary N) is 2. The highest BCUT2D eigenvalue weighted by Gasteiger charge is 2.11. The topological polar surface area (TPSA) is 69.9 Å². The van der Waals surface area contributed by atoms with Crippen molar-refractivity contribution in [3.63, 3.8) is 0 Å². The lowest BCUT2D eigenvalue weighted by Crippen LogP contribution is -2.09. The van der Waals surface area contributed by atoms with Crippen LogP contribution in [-0.4, -0.2) is 9.55 Å². The molecular weight excluding hydrogens is 200 g/mol. The van der Waals surface area contributed by atoms with Crippen molar-refractivity contribution < 1.29 is 0 Å². The number of nitrogen functional groups attached to an aromatic ring is 1. The van der Waals surface area contributed by atoms with E-state index in [4.69, 9.17) is 11.5 Å². The van der Waals surface area contributed by atoms with Crippen molar-refractivity contribution in [2.75, 3.05) is 5.73 Å². The summed E-state index contributed by atoms with van der Waals surface area (Å²) in [5.74, 6) is 1.11. The summed E-state index contributed by atoms with van der Waals surface area (Å²) in [7, 11) is 0. The monoisotopic (exact) mass is 218 g/mol. The number of rotatable bonds is 3. The second-order valence-electron chi connectivity index (χ2n) is 4.46. The Morgan fingerprint density at radius 1 is 1.38 bits per heavy atom. The van der Waals surface area contributed by atoms with E-state index in [2.05, 4.69) is 23.4 Å². The fourth-order valence-electron chi connectivity index (χ4n) is 1.99. The third-order valence-electron chi connectivity index (χ3n) is 2.65. The third-order valence-corrected chi connectivity index (χ3v) is 2.65. The third kappa shape index (κ3) is 1.76. The molecule has 0 aliphatic rings. The van der Waals surface area contributed by atoms with Gasteiger partial charge in [-0.25, -0.2) is 4.98 Å². The zero-order chi connectivity index (χ0) is 11.7. The smallest absolute Gasteiger partial charge is 0.201 e. The number of hydrogen-bond donors (Lipinski definition) is 2. The molecule has 4 nitrogen and oxygen atoms in total. The minimum absolute atomic E-state index is 0.514. The second-order valence-corrected chi connectivity index (χ2v) is 4.46. The number of nitrogens with zero attached hydrogens (tertiary/aromatic N) is 2. The zero-order valence-corrected chi connectivity index (χ0v) is 9.77. The summed E-state index contributed by atoms with van der Waals surface area (Å²) in [6.07, 6.45) is 0. The van der Waals surface area contributed by atoms with Crippen LogP contribution in [0.3, 0.4) is 0 Å². The van der Waals surface area contributed by atoms with E-state index < -0.39 is 0 Å². The molecule has 0 aliphatic carbocycles. The highest BCUT2D eigenvalue weighted by atomic mass is 15.2. The lowest BCUT2D eigenvalue weighted by molar-refractivity contribution is 0.537. The summed E-state index contributed by atoms with van der Waals surface area (Å²) in [6.45, 7) is 5.71. The predicted octanol–water partition coefficient (Wildman–Crippen LogP) is 1.73. The molecule has 1 aromatic carbocycles. The quantitative estimate of drug-likeness (QED) is 0.824. The van der Waals surface area contributed by atoms with Gasteiger partial charge in [0.15, 0.2) is 0 Å². The average molecular weight is 218 g/mol. The molecule has 1 aromatic heterocycles. The van der Waals surface area contributed by atoms with Crippen molar-refractivity contribution in [2.45, 2.75) is 26.9 Å². The van der Waals surface area contributed by atoms with Gasteiger partial charge in [-0.1, -0.05) is 26.0 Å². The lowest BCUT2D eigenvalue weighted by atomic mass is 10.1. The van der Waals surface area contributed by atoms with Gasteiger partial charge in [-0.05, 0) is 17.5 Å². The largest absolute Gasteiger partial charge is 0.369 e. The maximum absolute atomic E-state index is 5.94. The van der Waals surface area contributed by atoms with Gasteiger partial charge in [-0.3, -0.25) is 0 Å². The van der Waals surface area contributed by atoms with Gasteiger partial charge >= 0.3 is 0 Å². The van der Waals surface area contributed by atoms with Gasteiger partial charge in [0.25, 0.3) is 0 Å². The minimum Gasteiger partial charge on any atom is -0.369 e. The maximum atomic E-state index is 5.94. The Balaban J connectivity index is 2.65. The molecule has 0 atom stereocenters. The number of aromatic nitrogens is 2. The van der Waals surface area contributed by atoms with Gasteiger partial charge in [0.1, 0.15) is 0 Å². The number of anilines is 1. The Morgan fingerprint density at radius 2 is 2.12 bits per heavy atom. The first-order chi connectivity index (χ1) is 7.63. The zero-order valence-electron chi connectivity index (χ0n) is 9.77. The lowest BCUT2D eigenvalue weighted by Gasteiger charge is -2.11. The van der Waals surface area contributed by atoms with Gasteiger partial charge in [0, 0.05) is 13.1 Å². The molecule has 2 aromatic rings. The van der Waals surface area contributed by atoms with Crippen molar-refractivity contribution in [1.82, 2.24) is 9.55 Å². The molecule has 86 valence electrons. The van der Waals surface area contributed by atoms with Crippen LogP contribution in [0.4, 0.5) is 5.95 Å². The van der Waals surface area contributed by atoms with Gasteiger partial charge in [-0.2, -0.15) is 0 Å². The van der Waals surface area contributed by atoms with E-state index >= 15 is 0 Å². The number of hydrogen-bond acceptors (Lipinski definition) is 3. The molecule has 2 rings (SSSR count). The van der Waals surface area contributed by atoms with E-state index in [1.807, 2.05) is 18.2 Å². The summed E-state index contributed by atoms with van der Waals surface area (Å²) < 4.78 is 2.06. The summed E-state index contributed by atoms with van der Waals surface area (Å²) in [4.78, 5) is 4.36. The molecule has 4 N–H and O–H groups in total. The van der Waals surface area contributed by atoms with Crippen molar-refractivity contribution >= 4 is 17.0 Å². The van der Waals surface area contributed by atoms with Crippen LogP contribution in [0, 0.1) is 5.92 Å². The van der Waals surface area contributed by atoms with Crippen LogP contribution in [0.2, 0.25) is 0 Å². The molecule has 0 saturated carbocycles. The van der Waals surface area contributed by atoms with Crippen LogP contribution >= 0.6 is 0 Å². The summed E-state index contributed by atoms with van der Waals surface area (Å²) >= 11 is 0. The van der Waals surface area contributed by atoms with Crippen molar-refractivity contribution in [1.29, 1.82) is 0 Å². The fraction of sp³-hybridized carbons (Fsp3) is 0.417. The number of imidazole rings is 1. The van der Waals surface area contributed by atoms with E-state index in [0.717, 1.165) is 23.1 Å². The molecule has 0 bridgehead atoms. The second kappa shape index (κ2) is 4.14.